The van der Waals surface area contributed by atoms with Crippen LogP contribution in [0.2, 0.25) is 0 Å². The molecule has 0 spiro atoms. The Hall–Kier alpha value is -6.99. The van der Waals surface area contributed by atoms with E-state index < -0.39 is 88.1 Å². The van der Waals surface area contributed by atoms with Crippen molar-refractivity contribution in [3.8, 4) is 11.5 Å². The lowest BCUT2D eigenvalue weighted by atomic mass is 9.92. The van der Waals surface area contributed by atoms with Gasteiger partial charge in [0.2, 0.25) is 11.2 Å². The molecule has 4 aromatic carbocycles. The summed E-state index contributed by atoms with van der Waals surface area (Å²) in [5.74, 6) is -2.91. The number of nitrogens with zero attached hydrogens (tertiary/aromatic N) is 5. The summed E-state index contributed by atoms with van der Waals surface area (Å²) in [5, 5.41) is 0. The molecular formula is C71H92F6N6O12. The van der Waals surface area contributed by atoms with Gasteiger partial charge in [0, 0.05) is 70.1 Å². The summed E-state index contributed by atoms with van der Waals surface area (Å²) >= 11 is 0. The Morgan fingerprint density at radius 2 is 0.989 bits per heavy atom. The summed E-state index contributed by atoms with van der Waals surface area (Å²) in [7, 11) is 0. The van der Waals surface area contributed by atoms with Crippen LogP contribution in [0.25, 0.3) is 0 Å². The van der Waals surface area contributed by atoms with E-state index in [1.54, 1.807) is 23.6 Å². The average molecular weight is 1340 g/mol. The van der Waals surface area contributed by atoms with Crippen LogP contribution in [0.1, 0.15) is 187 Å². The Bertz CT molecular complexity index is 3240. The fourth-order valence-electron chi connectivity index (χ4n) is 13.6. The van der Waals surface area contributed by atoms with Gasteiger partial charge in [-0.3, -0.25) is 19.2 Å². The molecule has 24 heteroatoms. The van der Waals surface area contributed by atoms with E-state index in [1.807, 2.05) is 74.5 Å². The monoisotopic (exact) mass is 1330 g/mol. The first kappa shape index (κ1) is 72.3. The van der Waals surface area contributed by atoms with Crippen LogP contribution in [0.15, 0.2) is 84.9 Å². The number of anilines is 2. The molecule has 10 rings (SSSR count). The summed E-state index contributed by atoms with van der Waals surface area (Å²) in [6.45, 7) is 10.8. The van der Waals surface area contributed by atoms with Crippen LogP contribution in [0.5, 0.6) is 11.5 Å². The first-order valence-electron chi connectivity index (χ1n) is 33.6. The topological polar surface area (TPSA) is 192 Å². The van der Waals surface area contributed by atoms with Gasteiger partial charge in [-0.2, -0.15) is 26.3 Å². The number of benzene rings is 4. The first-order chi connectivity index (χ1) is 45.3. The molecule has 2 N–H and O–H groups in total. The van der Waals surface area contributed by atoms with Crippen molar-refractivity contribution in [3.05, 3.63) is 118 Å². The van der Waals surface area contributed by atoms with E-state index in [9.17, 15) is 50.3 Å². The normalized spacial score (nSPS) is 22.0. The number of nitrogens with two attached hydrogens (primary N) is 1. The molecule has 5 amide bonds. The van der Waals surface area contributed by atoms with Crippen molar-refractivity contribution in [3.63, 3.8) is 0 Å². The predicted molar refractivity (Wildman–Crippen MR) is 344 cm³/mol. The minimum absolute atomic E-state index is 0.00223. The van der Waals surface area contributed by atoms with Crippen LogP contribution in [-0.2, 0) is 58.8 Å². The molecule has 4 fully saturated rings. The van der Waals surface area contributed by atoms with Crippen LogP contribution in [0.3, 0.4) is 0 Å². The Morgan fingerprint density at radius 3 is 1.38 bits per heavy atom. The molecule has 2 aliphatic carbocycles. The van der Waals surface area contributed by atoms with E-state index in [0.717, 1.165) is 112 Å². The van der Waals surface area contributed by atoms with Gasteiger partial charge in [-0.1, -0.05) is 99.2 Å². The zero-order valence-corrected chi connectivity index (χ0v) is 55.4. The Morgan fingerprint density at radius 1 is 0.579 bits per heavy atom. The van der Waals surface area contributed by atoms with Crippen molar-refractivity contribution in [1.82, 2.24) is 14.7 Å². The molecule has 4 aliphatic heterocycles. The molecule has 0 aromatic heterocycles. The number of alkyl halides is 6. The van der Waals surface area contributed by atoms with Crippen LogP contribution < -0.4 is 25.0 Å². The van der Waals surface area contributed by atoms with Crippen LogP contribution in [0.4, 0.5) is 42.5 Å². The average Bonchev–Trinajstić information content (AvgIpc) is 0.748. The second kappa shape index (κ2) is 31.9. The first-order valence-corrected chi connectivity index (χ1v) is 33.6. The summed E-state index contributed by atoms with van der Waals surface area (Å²) in [6.07, 6.45) is 1.92. The number of carbonyl (C=O) groups excluding carboxylic acids is 5. The second-order valence-electron chi connectivity index (χ2n) is 26.5. The molecule has 6 aliphatic rings. The third-order valence-corrected chi connectivity index (χ3v) is 18.4. The Labute approximate surface area is 552 Å². The predicted octanol–water partition coefficient (Wildman–Crippen LogP) is 13.6. The number of ether oxygens (including phenoxy) is 7. The SMILES string of the molecule is CC(C)N(C(=O)c1cc2c(cc1C(F)(F)F)OC(C)(COC1CCCCO1)C(=O)N2CCN(Cc1ccccc1)C(=O)OCc1ccccc1)C1CCCCC1.CC(C)N(C(=O)c1cc2c(cc1C(F)(F)F)OC(C)(COC1CCCCO1)C(=O)N2CCN)C1CCCCC1. The van der Waals surface area contributed by atoms with Gasteiger partial charge in [-0.25, -0.2) is 4.79 Å². The fraction of sp³-hybridized carbons (Fsp3) is 0.592. The number of hydrogen-bond acceptors (Lipinski definition) is 13. The Kier molecular flexibility index (Phi) is 24.3. The molecule has 0 bridgehead atoms. The van der Waals surface area contributed by atoms with E-state index in [-0.39, 0.29) is 99.6 Å². The third-order valence-electron chi connectivity index (χ3n) is 18.4. The van der Waals surface area contributed by atoms with Crippen LogP contribution >= 0.6 is 0 Å². The summed E-state index contributed by atoms with van der Waals surface area (Å²) < 4.78 is 129. The lowest BCUT2D eigenvalue weighted by Crippen LogP contribution is -2.58. The minimum atomic E-state index is -4.91. The van der Waals surface area contributed by atoms with Crippen molar-refractivity contribution >= 4 is 41.1 Å². The van der Waals surface area contributed by atoms with Gasteiger partial charge in [0.25, 0.3) is 23.6 Å². The lowest BCUT2D eigenvalue weighted by Gasteiger charge is -2.42. The maximum absolute atomic E-state index is 15.0. The molecular weight excluding hydrogens is 1240 g/mol. The van der Waals surface area contributed by atoms with E-state index in [2.05, 4.69) is 0 Å². The smallest absolute Gasteiger partial charge is 0.417 e. The number of amides is 5. The second-order valence-corrected chi connectivity index (χ2v) is 26.5. The molecule has 18 nitrogen and oxygen atoms in total. The highest BCUT2D eigenvalue weighted by atomic mass is 19.4. The van der Waals surface area contributed by atoms with Crippen molar-refractivity contribution in [1.29, 1.82) is 0 Å². The number of fused-ring (bicyclic) bond motifs is 2. The summed E-state index contributed by atoms with van der Waals surface area (Å²) in [5.41, 5.74) is 0.858. The van der Waals surface area contributed by atoms with Crippen molar-refractivity contribution in [2.24, 2.45) is 5.73 Å². The summed E-state index contributed by atoms with van der Waals surface area (Å²) in [4.78, 5) is 77.3. The Balaban J connectivity index is 0.000000238. The van der Waals surface area contributed by atoms with Crippen LogP contribution in [0, 0.1) is 0 Å². The largest absolute Gasteiger partial charge is 0.473 e. The van der Waals surface area contributed by atoms with Crippen molar-refractivity contribution in [2.75, 3.05) is 62.4 Å². The highest BCUT2D eigenvalue weighted by Gasteiger charge is 2.51. The quantitative estimate of drug-likeness (QED) is 0.0776. The summed E-state index contributed by atoms with van der Waals surface area (Å²) in [6, 6.07) is 21.4. The van der Waals surface area contributed by atoms with E-state index in [0.29, 0.717) is 38.9 Å². The van der Waals surface area contributed by atoms with Gasteiger partial charge >= 0.3 is 18.4 Å². The molecule has 0 radical (unpaired) electrons. The van der Waals surface area contributed by atoms with Gasteiger partial charge in [0.05, 0.1) is 46.8 Å². The van der Waals surface area contributed by atoms with E-state index in [1.165, 1.54) is 28.5 Å². The number of halogens is 6. The van der Waals surface area contributed by atoms with Gasteiger partial charge in [0.1, 0.15) is 18.1 Å². The third kappa shape index (κ3) is 17.8. The minimum Gasteiger partial charge on any atom is -0.473 e. The number of rotatable bonds is 21. The van der Waals surface area contributed by atoms with Gasteiger partial charge in [-0.05, 0) is 141 Å². The van der Waals surface area contributed by atoms with Gasteiger partial charge in [0.15, 0.2) is 12.6 Å². The standard InChI is InChI=1S/C43H52F3N3O7.C28H40F3N3O5/c1-30(2)49(33-19-11-6-12-20-33)39(50)34-25-36-37(26-35(34)43(44,45)46)56-42(3,29-55-38-21-13-14-24-53-38)40(51)48(36)23-22-47(27-31-15-7-4-8-16-31)41(52)54-28-32-17-9-5-10-18-32;1-18(2)34(19-9-5-4-6-10-19)25(35)20-15-22-23(16-21(20)28(29,30)31)39-27(3,26(36)33(22)13-12-32)17-38-24-11-7-8-14-37-24/h4-5,7-10,15-18,25-26,30,33,38H,6,11-14,19-24,27-29H2,1-3H3;15-16,18-19,24H,4-14,17,32H2,1-3H3. The highest BCUT2D eigenvalue weighted by Crippen LogP contribution is 2.47. The molecule has 4 aromatic rings. The highest BCUT2D eigenvalue weighted by molar-refractivity contribution is 6.07. The number of carbonyl (C=O) groups is 5. The molecule has 2 saturated heterocycles. The molecule has 4 unspecified atom stereocenters. The van der Waals surface area contributed by atoms with Crippen LogP contribution in [-0.4, -0.2) is 145 Å². The zero-order chi connectivity index (χ0) is 68.2. The number of hydrogen-bond donors (Lipinski definition) is 1. The molecule has 95 heavy (non-hydrogen) atoms. The maximum atomic E-state index is 15.0. The fourth-order valence-corrected chi connectivity index (χ4v) is 13.6. The van der Waals surface area contributed by atoms with Crippen molar-refractivity contribution in [2.45, 2.75) is 218 Å². The lowest BCUT2D eigenvalue weighted by molar-refractivity contribution is -0.188. The molecule has 2 saturated carbocycles. The van der Waals surface area contributed by atoms with Crippen molar-refractivity contribution < 1.29 is 83.5 Å². The molecule has 4 heterocycles. The van der Waals surface area contributed by atoms with E-state index >= 15 is 0 Å². The van der Waals surface area contributed by atoms with E-state index in [4.69, 9.17) is 38.9 Å². The van der Waals surface area contributed by atoms with Gasteiger partial charge < -0.3 is 63.4 Å². The molecule has 520 valence electrons. The van der Waals surface area contributed by atoms with Gasteiger partial charge in [-0.15, -0.1) is 0 Å². The maximum Gasteiger partial charge on any atom is 0.417 e. The zero-order valence-electron chi connectivity index (χ0n) is 55.4. The molecule has 4 atom stereocenters.